The number of nitrogens with zero attached hydrogens (tertiary/aromatic N) is 1. The molecule has 1 fully saturated rings. The third-order valence-electron chi connectivity index (χ3n) is 1.61. The average Bonchev–Trinajstić information content (AvgIpc) is 2.11. The standard InChI is InChI=1S/C6H13FN2.C2H6/c7-1-4-9-5-2-8-3-6-9;1-2/h8H,1-6H2;1-2H3. The van der Waals surface area contributed by atoms with E-state index in [9.17, 15) is 4.39 Å². The van der Waals surface area contributed by atoms with Crippen molar-refractivity contribution in [3.63, 3.8) is 0 Å². The predicted molar refractivity (Wildman–Crippen MR) is 46.6 cm³/mol. The number of piperazine rings is 1. The first-order valence-electron chi connectivity index (χ1n) is 4.42. The molecular weight excluding hydrogens is 143 g/mol. The minimum Gasteiger partial charge on any atom is -0.314 e. The molecule has 3 heteroatoms. The lowest BCUT2D eigenvalue weighted by atomic mass is 10.4. The molecule has 2 nitrogen and oxygen atoms in total. The Kier molecular flexibility index (Phi) is 7.84. The zero-order valence-electron chi connectivity index (χ0n) is 7.57. The molecule has 0 amide bonds. The van der Waals surface area contributed by atoms with Gasteiger partial charge in [-0.05, 0) is 0 Å². The molecule has 0 saturated carbocycles. The van der Waals surface area contributed by atoms with Gasteiger partial charge in [0.2, 0.25) is 0 Å². The fourth-order valence-electron chi connectivity index (χ4n) is 1.05. The minimum atomic E-state index is -0.208. The first-order valence-corrected chi connectivity index (χ1v) is 4.42. The molecule has 0 aliphatic carbocycles. The number of rotatable bonds is 2. The Hall–Kier alpha value is -0.150. The quantitative estimate of drug-likeness (QED) is 0.648. The molecule has 1 N–H and O–H groups in total. The van der Waals surface area contributed by atoms with Gasteiger partial charge in [-0.25, -0.2) is 4.39 Å². The van der Waals surface area contributed by atoms with Crippen LogP contribution >= 0.6 is 0 Å². The summed E-state index contributed by atoms with van der Waals surface area (Å²) in [7, 11) is 0. The Morgan fingerprint density at radius 1 is 1.27 bits per heavy atom. The summed E-state index contributed by atoms with van der Waals surface area (Å²) in [5.74, 6) is 0. The highest BCUT2D eigenvalue weighted by atomic mass is 19.1. The van der Waals surface area contributed by atoms with Crippen LogP contribution in [0.1, 0.15) is 13.8 Å². The lowest BCUT2D eigenvalue weighted by molar-refractivity contribution is 0.221. The van der Waals surface area contributed by atoms with Gasteiger partial charge >= 0.3 is 0 Å². The maximum absolute atomic E-state index is 11.7. The van der Waals surface area contributed by atoms with Crippen LogP contribution < -0.4 is 5.32 Å². The lowest BCUT2D eigenvalue weighted by Crippen LogP contribution is -2.44. The van der Waals surface area contributed by atoms with Crippen LogP contribution in [0.15, 0.2) is 0 Å². The van der Waals surface area contributed by atoms with Crippen molar-refractivity contribution in [2.45, 2.75) is 13.8 Å². The minimum absolute atomic E-state index is 0.208. The lowest BCUT2D eigenvalue weighted by Gasteiger charge is -2.25. The van der Waals surface area contributed by atoms with E-state index in [1.165, 1.54) is 0 Å². The molecule has 1 aliphatic rings. The smallest absolute Gasteiger partial charge is 0.102 e. The fourth-order valence-corrected chi connectivity index (χ4v) is 1.05. The maximum Gasteiger partial charge on any atom is 0.102 e. The third kappa shape index (κ3) is 5.16. The van der Waals surface area contributed by atoms with E-state index in [1.54, 1.807) is 0 Å². The van der Waals surface area contributed by atoms with Crippen molar-refractivity contribution < 1.29 is 4.39 Å². The van der Waals surface area contributed by atoms with Crippen molar-refractivity contribution in [1.82, 2.24) is 10.2 Å². The molecule has 0 spiro atoms. The molecule has 0 bridgehead atoms. The summed E-state index contributed by atoms with van der Waals surface area (Å²) in [4.78, 5) is 2.14. The highest BCUT2D eigenvalue weighted by Crippen LogP contribution is 1.90. The summed E-state index contributed by atoms with van der Waals surface area (Å²) in [6.45, 7) is 8.44. The number of nitrogens with one attached hydrogen (secondary N) is 1. The van der Waals surface area contributed by atoms with E-state index in [2.05, 4.69) is 10.2 Å². The molecule has 1 aliphatic heterocycles. The van der Waals surface area contributed by atoms with Crippen LogP contribution in [0.2, 0.25) is 0 Å². The van der Waals surface area contributed by atoms with E-state index in [1.807, 2.05) is 13.8 Å². The maximum atomic E-state index is 11.7. The van der Waals surface area contributed by atoms with Crippen molar-refractivity contribution in [3.05, 3.63) is 0 Å². The summed E-state index contributed by atoms with van der Waals surface area (Å²) < 4.78 is 11.7. The number of halogens is 1. The normalized spacial score (nSPS) is 18.8. The van der Waals surface area contributed by atoms with Gasteiger partial charge in [0.15, 0.2) is 0 Å². The molecule has 0 radical (unpaired) electrons. The Morgan fingerprint density at radius 3 is 2.27 bits per heavy atom. The van der Waals surface area contributed by atoms with Crippen LogP contribution in [0.5, 0.6) is 0 Å². The van der Waals surface area contributed by atoms with Crippen LogP contribution in [0, 0.1) is 0 Å². The molecule has 1 saturated heterocycles. The monoisotopic (exact) mass is 162 g/mol. The summed E-state index contributed by atoms with van der Waals surface area (Å²) in [5, 5.41) is 3.21. The van der Waals surface area contributed by atoms with Crippen LogP contribution in [0.3, 0.4) is 0 Å². The van der Waals surface area contributed by atoms with Crippen molar-refractivity contribution in [1.29, 1.82) is 0 Å². The van der Waals surface area contributed by atoms with Crippen LogP contribution in [0.25, 0.3) is 0 Å². The van der Waals surface area contributed by atoms with E-state index in [4.69, 9.17) is 0 Å². The summed E-state index contributed by atoms with van der Waals surface area (Å²) in [5.41, 5.74) is 0. The van der Waals surface area contributed by atoms with Crippen LogP contribution in [-0.2, 0) is 0 Å². The van der Waals surface area contributed by atoms with Gasteiger partial charge < -0.3 is 5.32 Å². The van der Waals surface area contributed by atoms with Gasteiger partial charge in [-0.1, -0.05) is 13.8 Å². The molecule has 0 atom stereocenters. The van der Waals surface area contributed by atoms with Gasteiger partial charge in [0.05, 0.1) is 0 Å². The molecule has 11 heavy (non-hydrogen) atoms. The highest BCUT2D eigenvalue weighted by Gasteiger charge is 2.07. The zero-order valence-corrected chi connectivity index (χ0v) is 7.57. The number of hydrogen-bond acceptors (Lipinski definition) is 2. The molecule has 0 unspecified atom stereocenters. The Morgan fingerprint density at radius 2 is 1.82 bits per heavy atom. The van der Waals surface area contributed by atoms with Crippen molar-refractivity contribution in [3.8, 4) is 0 Å². The molecule has 0 aromatic heterocycles. The molecule has 1 rings (SSSR count). The average molecular weight is 162 g/mol. The Bertz CT molecular complexity index is 69.7. The Balaban J connectivity index is 0.000000461. The van der Waals surface area contributed by atoms with Crippen molar-refractivity contribution >= 4 is 0 Å². The van der Waals surface area contributed by atoms with Crippen LogP contribution in [-0.4, -0.2) is 44.3 Å². The molecule has 1 heterocycles. The van der Waals surface area contributed by atoms with E-state index >= 15 is 0 Å². The first-order chi connectivity index (χ1) is 5.43. The SMILES string of the molecule is CC.FCCN1CCNCC1. The third-order valence-corrected chi connectivity index (χ3v) is 1.61. The highest BCUT2D eigenvalue weighted by molar-refractivity contribution is 4.66. The van der Waals surface area contributed by atoms with E-state index < -0.39 is 0 Å². The van der Waals surface area contributed by atoms with Gasteiger partial charge in [0.25, 0.3) is 0 Å². The summed E-state index contributed by atoms with van der Waals surface area (Å²) in [6, 6.07) is 0. The van der Waals surface area contributed by atoms with Gasteiger partial charge in [-0.2, -0.15) is 0 Å². The topological polar surface area (TPSA) is 15.3 Å². The fraction of sp³-hybridized carbons (Fsp3) is 1.00. The second-order valence-electron chi connectivity index (χ2n) is 2.28. The van der Waals surface area contributed by atoms with Crippen molar-refractivity contribution in [2.75, 3.05) is 39.4 Å². The molecular formula is C8H19FN2. The summed E-state index contributed by atoms with van der Waals surface area (Å²) in [6.07, 6.45) is 0. The van der Waals surface area contributed by atoms with Crippen molar-refractivity contribution in [2.24, 2.45) is 0 Å². The Labute approximate surface area is 68.8 Å². The zero-order chi connectivity index (χ0) is 8.53. The van der Waals surface area contributed by atoms with Gasteiger partial charge in [-0.3, -0.25) is 4.90 Å². The van der Waals surface area contributed by atoms with E-state index in [0.717, 1.165) is 26.2 Å². The van der Waals surface area contributed by atoms with Crippen LogP contribution in [0.4, 0.5) is 4.39 Å². The van der Waals surface area contributed by atoms with E-state index in [0.29, 0.717) is 6.54 Å². The summed E-state index contributed by atoms with van der Waals surface area (Å²) >= 11 is 0. The van der Waals surface area contributed by atoms with E-state index in [-0.39, 0.29) is 6.67 Å². The molecule has 0 aromatic rings. The number of hydrogen-bond donors (Lipinski definition) is 1. The van der Waals surface area contributed by atoms with Gasteiger partial charge in [0, 0.05) is 32.7 Å². The molecule has 0 aromatic carbocycles. The predicted octanol–water partition coefficient (Wildman–Crippen LogP) is 0.887. The second-order valence-corrected chi connectivity index (χ2v) is 2.28. The van der Waals surface area contributed by atoms with Gasteiger partial charge in [-0.15, -0.1) is 0 Å². The molecule has 68 valence electrons. The second kappa shape index (κ2) is 7.95. The first kappa shape index (κ1) is 10.8. The largest absolute Gasteiger partial charge is 0.314 e. The number of alkyl halides is 1. The van der Waals surface area contributed by atoms with Gasteiger partial charge in [0.1, 0.15) is 6.67 Å².